The summed E-state index contributed by atoms with van der Waals surface area (Å²) in [5.74, 6) is 0.466. The summed E-state index contributed by atoms with van der Waals surface area (Å²) in [6, 6.07) is 1.73. The van der Waals surface area contributed by atoms with Gasteiger partial charge in [-0.2, -0.15) is 0 Å². The maximum Gasteiger partial charge on any atom is 0.180 e. The molecule has 0 saturated carbocycles. The second-order valence-corrected chi connectivity index (χ2v) is 4.58. The minimum absolute atomic E-state index is 0.432. The van der Waals surface area contributed by atoms with Crippen LogP contribution in [0.25, 0.3) is 0 Å². The van der Waals surface area contributed by atoms with Crippen LogP contribution in [0.15, 0.2) is 27.4 Å². The van der Waals surface area contributed by atoms with Gasteiger partial charge in [0.15, 0.2) is 10.9 Å². The molecule has 0 amide bonds. The van der Waals surface area contributed by atoms with Crippen LogP contribution in [0.3, 0.4) is 0 Å². The fraction of sp³-hybridized carbons (Fsp3) is 0.125. The molecule has 0 aliphatic rings. The molecule has 1 atom stereocenters. The average Bonchev–Trinajstić information content (AvgIpc) is 2.73. The van der Waals surface area contributed by atoms with Crippen LogP contribution in [0.2, 0.25) is 0 Å². The lowest BCUT2D eigenvalue weighted by Crippen LogP contribution is -1.95. The normalized spacial score (nSPS) is 13.0. The minimum Gasteiger partial charge on any atom is -0.465 e. The summed E-state index contributed by atoms with van der Waals surface area (Å²) in [5, 5.41) is 10.3. The van der Waals surface area contributed by atoms with E-state index in [4.69, 9.17) is 10.2 Å². The number of nitrogens with two attached hydrogens (primary N) is 1. The first kappa shape index (κ1) is 9.70. The predicted molar refractivity (Wildman–Crippen MR) is 57.0 cm³/mol. The highest BCUT2D eigenvalue weighted by Crippen LogP contribution is 2.32. The first-order valence-corrected chi connectivity index (χ1v) is 5.41. The Morgan fingerprint density at radius 1 is 1.64 bits per heavy atom. The molecule has 6 heteroatoms. The molecule has 0 spiro atoms. The van der Waals surface area contributed by atoms with Gasteiger partial charge in [-0.15, -0.1) is 0 Å². The van der Waals surface area contributed by atoms with Gasteiger partial charge in [0.2, 0.25) is 0 Å². The molecule has 4 nitrogen and oxygen atoms in total. The van der Waals surface area contributed by atoms with Gasteiger partial charge in [-0.05, 0) is 22.0 Å². The summed E-state index contributed by atoms with van der Waals surface area (Å²) in [7, 11) is 0. The number of aliphatic hydroxyl groups excluding tert-OH is 1. The van der Waals surface area contributed by atoms with E-state index in [9.17, 15) is 5.11 Å². The summed E-state index contributed by atoms with van der Waals surface area (Å²) in [4.78, 5) is 4.52. The zero-order chi connectivity index (χ0) is 10.1. The molecule has 14 heavy (non-hydrogen) atoms. The third-order valence-electron chi connectivity index (χ3n) is 1.70. The summed E-state index contributed by atoms with van der Waals surface area (Å²) in [6.45, 7) is 0. The highest BCUT2D eigenvalue weighted by molar-refractivity contribution is 9.10. The van der Waals surface area contributed by atoms with E-state index >= 15 is 0 Å². The van der Waals surface area contributed by atoms with E-state index in [0.29, 0.717) is 15.8 Å². The third-order valence-corrected chi connectivity index (χ3v) is 3.24. The maximum atomic E-state index is 9.87. The summed E-state index contributed by atoms with van der Waals surface area (Å²) in [6.07, 6.45) is 2.24. The number of hydrogen-bond donors (Lipinski definition) is 2. The van der Waals surface area contributed by atoms with Crippen molar-refractivity contribution in [2.45, 2.75) is 6.10 Å². The van der Waals surface area contributed by atoms with Crippen LogP contribution >= 0.6 is 27.3 Å². The van der Waals surface area contributed by atoms with Crippen LogP contribution in [-0.2, 0) is 0 Å². The van der Waals surface area contributed by atoms with Crippen molar-refractivity contribution in [1.82, 2.24) is 4.98 Å². The Morgan fingerprint density at radius 3 is 2.93 bits per heavy atom. The van der Waals surface area contributed by atoms with Crippen LogP contribution in [0.4, 0.5) is 5.13 Å². The van der Waals surface area contributed by atoms with Crippen molar-refractivity contribution in [3.05, 3.63) is 33.6 Å². The van der Waals surface area contributed by atoms with E-state index in [-0.39, 0.29) is 0 Å². The van der Waals surface area contributed by atoms with Gasteiger partial charge >= 0.3 is 0 Å². The quantitative estimate of drug-likeness (QED) is 0.881. The molecule has 2 aromatic heterocycles. The lowest BCUT2D eigenvalue weighted by Gasteiger charge is -2.04. The molecule has 0 aromatic carbocycles. The van der Waals surface area contributed by atoms with Crippen LogP contribution in [-0.4, -0.2) is 10.1 Å². The number of nitrogen functional groups attached to an aromatic ring is 1. The zero-order valence-electron chi connectivity index (χ0n) is 6.98. The molecule has 0 radical (unpaired) electrons. The fourth-order valence-corrected chi connectivity index (χ4v) is 2.15. The molecule has 0 bridgehead atoms. The molecule has 0 aliphatic carbocycles. The molecule has 1 unspecified atom stereocenters. The zero-order valence-corrected chi connectivity index (χ0v) is 9.38. The van der Waals surface area contributed by atoms with E-state index in [1.165, 1.54) is 17.6 Å². The van der Waals surface area contributed by atoms with Gasteiger partial charge in [0.1, 0.15) is 6.10 Å². The Labute approximate surface area is 92.5 Å². The van der Waals surface area contributed by atoms with Crippen molar-refractivity contribution in [3.63, 3.8) is 0 Å². The van der Waals surface area contributed by atoms with E-state index < -0.39 is 6.10 Å². The van der Waals surface area contributed by atoms with Crippen LogP contribution in [0.1, 0.15) is 16.7 Å². The van der Waals surface area contributed by atoms with Gasteiger partial charge in [0.25, 0.3) is 0 Å². The Hall–Kier alpha value is -0.850. The second kappa shape index (κ2) is 3.72. The molecule has 0 fully saturated rings. The average molecular weight is 275 g/mol. The Balaban J connectivity index is 2.33. The molecule has 0 aliphatic heterocycles. The number of hydrogen-bond acceptors (Lipinski definition) is 5. The fourth-order valence-electron chi connectivity index (χ4n) is 1.06. The van der Waals surface area contributed by atoms with Crippen molar-refractivity contribution in [3.8, 4) is 0 Å². The van der Waals surface area contributed by atoms with E-state index in [2.05, 4.69) is 20.9 Å². The minimum atomic E-state index is -0.811. The molecular weight excluding hydrogens is 268 g/mol. The summed E-state index contributed by atoms with van der Waals surface area (Å²) in [5.41, 5.74) is 5.46. The number of aromatic nitrogens is 1. The number of aliphatic hydroxyl groups is 1. The van der Waals surface area contributed by atoms with Gasteiger partial charge < -0.3 is 15.3 Å². The molecule has 74 valence electrons. The molecule has 2 aromatic rings. The van der Waals surface area contributed by atoms with Gasteiger partial charge in [0, 0.05) is 6.20 Å². The first-order valence-electron chi connectivity index (χ1n) is 3.80. The monoisotopic (exact) mass is 274 g/mol. The molecule has 2 rings (SSSR count). The van der Waals surface area contributed by atoms with Crippen LogP contribution in [0, 0.1) is 0 Å². The van der Waals surface area contributed by atoms with Crippen molar-refractivity contribution in [2.75, 3.05) is 5.73 Å². The van der Waals surface area contributed by atoms with E-state index in [1.54, 1.807) is 12.3 Å². The third kappa shape index (κ3) is 1.68. The Kier molecular flexibility index (Phi) is 2.58. The topological polar surface area (TPSA) is 72.3 Å². The van der Waals surface area contributed by atoms with E-state index in [1.807, 2.05) is 0 Å². The SMILES string of the molecule is Nc1ncc(C(O)c2occc2Br)s1. The standard InChI is InChI=1S/C8H7BrN2O2S/c9-4-1-2-13-7(4)6(12)5-3-11-8(10)14-5/h1-3,6,12H,(H2,10,11). The van der Waals surface area contributed by atoms with Crippen molar-refractivity contribution in [2.24, 2.45) is 0 Å². The number of furan rings is 1. The first-order chi connectivity index (χ1) is 6.68. The molecule has 3 N–H and O–H groups in total. The van der Waals surface area contributed by atoms with Gasteiger partial charge in [-0.25, -0.2) is 4.98 Å². The van der Waals surface area contributed by atoms with Crippen molar-refractivity contribution >= 4 is 32.4 Å². The number of anilines is 1. The smallest absolute Gasteiger partial charge is 0.180 e. The predicted octanol–water partition coefficient (Wildman–Crippen LogP) is 2.16. The second-order valence-electron chi connectivity index (χ2n) is 2.64. The lowest BCUT2D eigenvalue weighted by atomic mass is 10.2. The lowest BCUT2D eigenvalue weighted by molar-refractivity contribution is 0.191. The van der Waals surface area contributed by atoms with Gasteiger partial charge in [-0.3, -0.25) is 0 Å². The van der Waals surface area contributed by atoms with Gasteiger partial charge in [0.05, 0.1) is 15.6 Å². The molecule has 0 saturated heterocycles. The summed E-state index contributed by atoms with van der Waals surface area (Å²) < 4.78 is 5.86. The summed E-state index contributed by atoms with van der Waals surface area (Å²) >= 11 is 4.51. The molecule has 2 heterocycles. The van der Waals surface area contributed by atoms with Crippen LogP contribution in [0.5, 0.6) is 0 Å². The Morgan fingerprint density at radius 2 is 2.43 bits per heavy atom. The highest BCUT2D eigenvalue weighted by atomic mass is 79.9. The number of thiazole rings is 1. The number of halogens is 1. The number of nitrogens with zero attached hydrogens (tertiary/aromatic N) is 1. The molecular formula is C8H7BrN2O2S. The van der Waals surface area contributed by atoms with Crippen LogP contribution < -0.4 is 5.73 Å². The van der Waals surface area contributed by atoms with Gasteiger partial charge in [-0.1, -0.05) is 11.3 Å². The number of rotatable bonds is 2. The largest absolute Gasteiger partial charge is 0.465 e. The van der Waals surface area contributed by atoms with E-state index in [0.717, 1.165) is 4.47 Å². The van der Waals surface area contributed by atoms with Crippen molar-refractivity contribution < 1.29 is 9.52 Å². The highest BCUT2D eigenvalue weighted by Gasteiger charge is 2.19. The Bertz CT molecular complexity index is 440. The van der Waals surface area contributed by atoms with Crippen molar-refractivity contribution in [1.29, 1.82) is 0 Å². The maximum absolute atomic E-state index is 9.87.